The van der Waals surface area contributed by atoms with E-state index in [0.717, 1.165) is 24.0 Å². The number of nitrogens with two attached hydrogens (primary N) is 1. The predicted octanol–water partition coefficient (Wildman–Crippen LogP) is 0.565. The third-order valence-electron chi connectivity index (χ3n) is 3.64. The molecule has 3 N–H and O–H groups in total. The average Bonchev–Trinajstić information content (AvgIpc) is 2.93. The zero-order chi connectivity index (χ0) is 15.2. The second kappa shape index (κ2) is 7.46. The maximum atomic E-state index is 12.8. The van der Waals surface area contributed by atoms with E-state index in [1.807, 2.05) is 4.90 Å². The Morgan fingerprint density at radius 1 is 1.57 bits per heavy atom. The van der Waals surface area contributed by atoms with Gasteiger partial charge in [-0.05, 0) is 19.4 Å². The fraction of sp³-hybridized carbons (Fsp3) is 0.692. The Hall–Kier alpha value is -1.54. The highest BCUT2D eigenvalue weighted by atomic mass is 19.3. The first-order valence-electron chi connectivity index (χ1n) is 7.11. The van der Waals surface area contributed by atoms with E-state index in [2.05, 4.69) is 10.3 Å². The predicted molar refractivity (Wildman–Crippen MR) is 73.5 cm³/mol. The second-order valence-corrected chi connectivity index (χ2v) is 5.18. The van der Waals surface area contributed by atoms with Gasteiger partial charge in [-0.3, -0.25) is 14.3 Å². The van der Waals surface area contributed by atoms with Crippen molar-refractivity contribution >= 4 is 5.91 Å². The molecule has 118 valence electrons. The molecule has 0 bridgehead atoms. The van der Waals surface area contributed by atoms with Gasteiger partial charge in [0.15, 0.2) is 0 Å². The number of likely N-dealkylation sites (tertiary alicyclic amines) is 1. The number of imidazole rings is 1. The van der Waals surface area contributed by atoms with Crippen LogP contribution in [0.1, 0.15) is 25.2 Å². The topological polar surface area (TPSA) is 76.2 Å². The van der Waals surface area contributed by atoms with Crippen molar-refractivity contribution in [3.63, 3.8) is 0 Å². The minimum atomic E-state index is -2.59. The summed E-state index contributed by atoms with van der Waals surface area (Å²) in [6, 6.07) is 0. The van der Waals surface area contributed by atoms with Gasteiger partial charge in [0, 0.05) is 32.0 Å². The Kier molecular flexibility index (Phi) is 5.63. The van der Waals surface area contributed by atoms with Crippen molar-refractivity contribution in [1.82, 2.24) is 19.8 Å². The molecule has 0 saturated carbocycles. The Bertz CT molecular complexity index is 465. The van der Waals surface area contributed by atoms with Crippen molar-refractivity contribution in [3.8, 4) is 0 Å². The van der Waals surface area contributed by atoms with Crippen LogP contribution in [0.4, 0.5) is 8.78 Å². The molecule has 1 aliphatic heterocycles. The highest BCUT2D eigenvalue weighted by Gasteiger charge is 2.26. The van der Waals surface area contributed by atoms with Crippen LogP contribution >= 0.6 is 0 Å². The third-order valence-corrected chi connectivity index (χ3v) is 3.64. The van der Waals surface area contributed by atoms with Crippen molar-refractivity contribution in [2.45, 2.75) is 25.9 Å². The maximum absolute atomic E-state index is 12.8. The molecule has 0 aliphatic carbocycles. The summed E-state index contributed by atoms with van der Waals surface area (Å²) in [5, 5.41) is 2.78. The Morgan fingerprint density at radius 3 is 3.10 bits per heavy atom. The van der Waals surface area contributed by atoms with Crippen LogP contribution in [-0.4, -0.2) is 46.5 Å². The number of hydrogen-bond donors (Lipinski definition) is 2. The Morgan fingerprint density at radius 2 is 2.38 bits per heavy atom. The van der Waals surface area contributed by atoms with E-state index in [1.165, 1.54) is 12.4 Å². The molecule has 6 nitrogen and oxygen atoms in total. The van der Waals surface area contributed by atoms with Crippen LogP contribution in [0, 0.1) is 5.92 Å². The summed E-state index contributed by atoms with van der Waals surface area (Å²) in [6.07, 6.45) is 4.33. The second-order valence-electron chi connectivity index (χ2n) is 5.18. The van der Waals surface area contributed by atoms with E-state index >= 15 is 0 Å². The molecule has 1 unspecified atom stereocenters. The largest absolute Gasteiger partial charge is 0.355 e. The smallest absolute Gasteiger partial charge is 0.319 e. The molecule has 1 atom stereocenters. The van der Waals surface area contributed by atoms with Gasteiger partial charge in [-0.25, -0.2) is 4.98 Å². The van der Waals surface area contributed by atoms with Gasteiger partial charge in [-0.2, -0.15) is 8.78 Å². The molecule has 21 heavy (non-hydrogen) atoms. The van der Waals surface area contributed by atoms with Crippen LogP contribution in [0.2, 0.25) is 0 Å². The molecule has 1 amide bonds. The first-order chi connectivity index (χ1) is 10.1. The van der Waals surface area contributed by atoms with Gasteiger partial charge in [0.1, 0.15) is 5.82 Å². The van der Waals surface area contributed by atoms with E-state index in [0.29, 0.717) is 32.0 Å². The number of nitrogens with one attached hydrogen (secondary N) is 1. The monoisotopic (exact) mass is 301 g/mol. The fourth-order valence-corrected chi connectivity index (χ4v) is 2.60. The number of alkyl halides is 2. The molecule has 2 rings (SSSR count). The summed E-state index contributed by atoms with van der Waals surface area (Å²) in [4.78, 5) is 17.9. The normalized spacial score (nSPS) is 19.9. The number of nitrogens with zero attached hydrogens (tertiary/aromatic N) is 3. The molecule has 1 aliphatic rings. The SMILES string of the molecule is NCCNC(=O)C1CCCN(Cc2nccn2C(F)F)C1. The van der Waals surface area contributed by atoms with Crippen LogP contribution < -0.4 is 11.1 Å². The summed E-state index contributed by atoms with van der Waals surface area (Å²) in [7, 11) is 0. The fourth-order valence-electron chi connectivity index (χ4n) is 2.60. The van der Waals surface area contributed by atoms with Gasteiger partial charge in [0.2, 0.25) is 5.91 Å². The van der Waals surface area contributed by atoms with Crippen LogP contribution in [0.3, 0.4) is 0 Å². The molecular weight excluding hydrogens is 280 g/mol. The quantitative estimate of drug-likeness (QED) is 0.805. The first kappa shape index (κ1) is 15.8. The summed E-state index contributed by atoms with van der Waals surface area (Å²) in [5.41, 5.74) is 5.36. The molecule has 0 radical (unpaired) electrons. The Labute approximate surface area is 122 Å². The van der Waals surface area contributed by atoms with Gasteiger partial charge in [0.25, 0.3) is 0 Å². The van der Waals surface area contributed by atoms with E-state index < -0.39 is 6.55 Å². The van der Waals surface area contributed by atoms with Gasteiger partial charge in [-0.1, -0.05) is 0 Å². The number of aromatic nitrogens is 2. The lowest BCUT2D eigenvalue weighted by Crippen LogP contribution is -2.44. The van der Waals surface area contributed by atoms with E-state index in [-0.39, 0.29) is 11.8 Å². The van der Waals surface area contributed by atoms with E-state index in [1.54, 1.807) is 0 Å². The minimum Gasteiger partial charge on any atom is -0.355 e. The van der Waals surface area contributed by atoms with E-state index in [9.17, 15) is 13.6 Å². The number of amides is 1. The van der Waals surface area contributed by atoms with Crippen molar-refractivity contribution < 1.29 is 13.6 Å². The maximum Gasteiger partial charge on any atom is 0.319 e. The van der Waals surface area contributed by atoms with E-state index in [4.69, 9.17) is 5.73 Å². The number of rotatable bonds is 6. The van der Waals surface area contributed by atoms with Crippen LogP contribution in [0.25, 0.3) is 0 Å². The molecule has 1 aromatic heterocycles. The van der Waals surface area contributed by atoms with Crippen molar-refractivity contribution in [1.29, 1.82) is 0 Å². The molecule has 2 heterocycles. The van der Waals surface area contributed by atoms with Crippen LogP contribution in [0.15, 0.2) is 12.4 Å². The summed E-state index contributed by atoms with van der Waals surface area (Å²) >= 11 is 0. The van der Waals surface area contributed by atoms with Crippen molar-refractivity contribution in [3.05, 3.63) is 18.2 Å². The Balaban J connectivity index is 1.92. The number of carbonyl (C=O) groups excluding carboxylic acids is 1. The minimum absolute atomic E-state index is 0.0117. The zero-order valence-corrected chi connectivity index (χ0v) is 11.8. The summed E-state index contributed by atoms with van der Waals surface area (Å²) < 4.78 is 26.4. The first-order valence-corrected chi connectivity index (χ1v) is 7.11. The molecule has 0 spiro atoms. The zero-order valence-electron chi connectivity index (χ0n) is 11.8. The number of hydrogen-bond acceptors (Lipinski definition) is 4. The van der Waals surface area contributed by atoms with Crippen molar-refractivity contribution in [2.75, 3.05) is 26.2 Å². The van der Waals surface area contributed by atoms with Crippen molar-refractivity contribution in [2.24, 2.45) is 11.7 Å². The highest BCUT2D eigenvalue weighted by Crippen LogP contribution is 2.20. The average molecular weight is 301 g/mol. The van der Waals surface area contributed by atoms with Crippen LogP contribution in [-0.2, 0) is 11.3 Å². The van der Waals surface area contributed by atoms with Gasteiger partial charge in [-0.15, -0.1) is 0 Å². The van der Waals surface area contributed by atoms with Gasteiger partial charge < -0.3 is 11.1 Å². The number of piperidine rings is 1. The number of halogens is 2. The lowest BCUT2D eigenvalue weighted by Gasteiger charge is -2.31. The summed E-state index contributed by atoms with van der Waals surface area (Å²) in [6.45, 7) is -0.0311. The lowest BCUT2D eigenvalue weighted by molar-refractivity contribution is -0.126. The highest BCUT2D eigenvalue weighted by molar-refractivity contribution is 5.78. The third kappa shape index (κ3) is 4.21. The molecule has 1 aromatic rings. The standard InChI is InChI=1S/C13H21F2N5O/c14-13(15)20-7-5-17-11(20)9-19-6-1-2-10(8-19)12(21)18-4-3-16/h5,7,10,13H,1-4,6,8-9,16H2,(H,18,21). The van der Waals surface area contributed by atoms with Gasteiger partial charge >= 0.3 is 6.55 Å². The number of carbonyl (C=O) groups is 1. The molecule has 1 fully saturated rings. The van der Waals surface area contributed by atoms with Crippen LogP contribution in [0.5, 0.6) is 0 Å². The summed E-state index contributed by atoms with van der Waals surface area (Å²) in [5.74, 6) is 0.204. The molecular formula is C13H21F2N5O. The van der Waals surface area contributed by atoms with Gasteiger partial charge in [0.05, 0.1) is 12.5 Å². The molecule has 0 aromatic carbocycles. The molecule has 1 saturated heterocycles. The lowest BCUT2D eigenvalue weighted by atomic mass is 9.97. The molecule has 8 heteroatoms.